The molecule has 0 aromatic heterocycles. The van der Waals surface area contributed by atoms with Crippen LogP contribution in [0.2, 0.25) is 0 Å². The average molecular weight is 148 g/mol. The summed E-state index contributed by atoms with van der Waals surface area (Å²) in [4.78, 5) is 0. The zero-order valence-corrected chi connectivity index (χ0v) is 8.35. The Morgan fingerprint density at radius 1 is 1.36 bits per heavy atom. The fraction of sp³-hybridized carbons (Fsp3) is 0.778. The van der Waals surface area contributed by atoms with Gasteiger partial charge in [0.1, 0.15) is 0 Å². The van der Waals surface area contributed by atoms with E-state index < -0.39 is 0 Å². The molecule has 1 aliphatic rings. The molecule has 2 atom stereocenters. The number of rotatable bonds is 1. The fourth-order valence-corrected chi connectivity index (χ4v) is 1.53. The standard InChI is InChI=1S/C8H16N.CH3.Li/c1-6(2)8-5-9-4-7(8)3;;/h6-9H,3-5H2,1-2H3;1H3;/q2*-1;+1. The fourth-order valence-electron chi connectivity index (χ4n) is 1.53. The molecule has 0 saturated carbocycles. The van der Waals surface area contributed by atoms with E-state index >= 15 is 0 Å². The summed E-state index contributed by atoms with van der Waals surface area (Å²) in [5, 5.41) is 3.34. The van der Waals surface area contributed by atoms with E-state index in [0.717, 1.165) is 18.4 Å². The van der Waals surface area contributed by atoms with Crippen LogP contribution in [0, 0.1) is 32.1 Å². The molecule has 2 heteroatoms. The van der Waals surface area contributed by atoms with E-state index in [1.54, 1.807) is 0 Å². The van der Waals surface area contributed by atoms with Crippen LogP contribution >= 0.6 is 0 Å². The molecule has 2 unspecified atom stereocenters. The molecule has 1 nitrogen and oxygen atoms in total. The van der Waals surface area contributed by atoms with Crippen molar-refractivity contribution in [2.45, 2.75) is 13.8 Å². The number of hydrogen-bond acceptors (Lipinski definition) is 1. The van der Waals surface area contributed by atoms with Crippen LogP contribution in [0.4, 0.5) is 0 Å². The Hall–Kier alpha value is 0.557. The smallest absolute Gasteiger partial charge is 0.358 e. The molecule has 0 radical (unpaired) electrons. The van der Waals surface area contributed by atoms with Gasteiger partial charge in [-0.25, -0.2) is 0 Å². The number of nitrogens with one attached hydrogen (secondary N) is 1. The third-order valence-corrected chi connectivity index (χ3v) is 2.25. The summed E-state index contributed by atoms with van der Waals surface area (Å²) < 4.78 is 0. The number of hydrogen-bond donors (Lipinski definition) is 1. The first-order valence-corrected chi connectivity index (χ1v) is 3.75. The zero-order chi connectivity index (χ0) is 6.85. The van der Waals surface area contributed by atoms with E-state index in [9.17, 15) is 0 Å². The Morgan fingerprint density at radius 2 is 1.91 bits per heavy atom. The minimum Gasteiger partial charge on any atom is -0.358 e. The average Bonchev–Trinajstić information content (AvgIpc) is 2.13. The zero-order valence-electron chi connectivity index (χ0n) is 8.35. The molecule has 0 aromatic carbocycles. The Morgan fingerprint density at radius 3 is 2.09 bits per heavy atom. The summed E-state index contributed by atoms with van der Waals surface area (Å²) in [6, 6.07) is 0. The van der Waals surface area contributed by atoms with Crippen LogP contribution in [0.5, 0.6) is 0 Å². The van der Waals surface area contributed by atoms with Crippen LogP contribution in [0.15, 0.2) is 0 Å². The van der Waals surface area contributed by atoms with Crippen molar-refractivity contribution >= 4 is 0 Å². The van der Waals surface area contributed by atoms with Crippen LogP contribution < -0.4 is 24.2 Å². The SMILES string of the molecule is [CH2-]C1CNCC1C(C)C.[CH3-].[Li+]. The topological polar surface area (TPSA) is 12.0 Å². The quantitative estimate of drug-likeness (QED) is 0.362. The van der Waals surface area contributed by atoms with Gasteiger partial charge in [0.05, 0.1) is 0 Å². The summed E-state index contributed by atoms with van der Waals surface area (Å²) in [6.07, 6.45) is 0. The van der Waals surface area contributed by atoms with Crippen LogP contribution in [-0.4, -0.2) is 13.1 Å². The van der Waals surface area contributed by atoms with Crippen LogP contribution in [0.1, 0.15) is 13.8 Å². The molecule has 1 fully saturated rings. The first-order valence-electron chi connectivity index (χ1n) is 3.75. The molecule has 0 amide bonds. The predicted octanol–water partition coefficient (Wildman–Crippen LogP) is -1.23. The van der Waals surface area contributed by atoms with Gasteiger partial charge in [-0.2, -0.15) is 5.92 Å². The van der Waals surface area contributed by atoms with Crippen molar-refractivity contribution in [3.05, 3.63) is 14.4 Å². The molecule has 0 spiro atoms. The predicted molar refractivity (Wildman–Crippen MR) is 46.5 cm³/mol. The van der Waals surface area contributed by atoms with Gasteiger partial charge in [-0.05, 0) is 24.9 Å². The van der Waals surface area contributed by atoms with Crippen molar-refractivity contribution in [2.24, 2.45) is 17.8 Å². The molecule has 0 aromatic rings. The third-order valence-electron chi connectivity index (χ3n) is 2.25. The first-order chi connectivity index (χ1) is 4.22. The van der Waals surface area contributed by atoms with Gasteiger partial charge in [-0.3, -0.25) is 0 Å². The van der Waals surface area contributed by atoms with E-state index in [-0.39, 0.29) is 26.3 Å². The largest absolute Gasteiger partial charge is 1.00 e. The second-order valence-electron chi connectivity index (χ2n) is 3.33. The van der Waals surface area contributed by atoms with E-state index in [1.165, 1.54) is 6.54 Å². The summed E-state index contributed by atoms with van der Waals surface area (Å²) in [5.74, 6) is 2.25. The van der Waals surface area contributed by atoms with Gasteiger partial charge < -0.3 is 19.7 Å². The van der Waals surface area contributed by atoms with E-state index in [4.69, 9.17) is 0 Å². The Kier molecular flexibility index (Phi) is 7.84. The molecule has 1 heterocycles. The summed E-state index contributed by atoms with van der Waals surface area (Å²) >= 11 is 0. The van der Waals surface area contributed by atoms with Crippen molar-refractivity contribution in [3.63, 3.8) is 0 Å². The van der Waals surface area contributed by atoms with Crippen molar-refractivity contribution in [1.82, 2.24) is 5.32 Å². The van der Waals surface area contributed by atoms with Gasteiger partial charge in [0.15, 0.2) is 0 Å². The van der Waals surface area contributed by atoms with Crippen molar-refractivity contribution in [1.29, 1.82) is 0 Å². The normalized spacial score (nSPS) is 29.5. The van der Waals surface area contributed by atoms with E-state index in [0.29, 0.717) is 5.92 Å². The molecule has 1 N–H and O–H groups in total. The maximum Gasteiger partial charge on any atom is 1.00 e. The molecule has 0 aliphatic carbocycles. The maximum absolute atomic E-state index is 4.08. The monoisotopic (exact) mass is 148 g/mol. The molecular weight excluding hydrogens is 129 g/mol. The van der Waals surface area contributed by atoms with E-state index in [1.807, 2.05) is 0 Å². The second-order valence-corrected chi connectivity index (χ2v) is 3.33. The molecule has 1 rings (SSSR count). The molecule has 1 saturated heterocycles. The van der Waals surface area contributed by atoms with Gasteiger partial charge in [-0.1, -0.05) is 13.8 Å². The Labute approximate surface area is 83.5 Å². The Bertz CT molecular complexity index is 93.6. The molecule has 1 aliphatic heterocycles. The summed E-state index contributed by atoms with van der Waals surface area (Å²) in [6.45, 7) is 10.9. The maximum atomic E-state index is 4.08. The molecular formula is C9H19LiN-. The van der Waals surface area contributed by atoms with Crippen molar-refractivity contribution < 1.29 is 18.9 Å². The van der Waals surface area contributed by atoms with Crippen LogP contribution in [0.3, 0.4) is 0 Å². The van der Waals surface area contributed by atoms with Gasteiger partial charge in [0, 0.05) is 0 Å². The van der Waals surface area contributed by atoms with Crippen molar-refractivity contribution in [3.8, 4) is 0 Å². The third kappa shape index (κ3) is 3.65. The summed E-state index contributed by atoms with van der Waals surface area (Å²) in [7, 11) is 0. The molecule has 11 heavy (non-hydrogen) atoms. The van der Waals surface area contributed by atoms with Crippen molar-refractivity contribution in [2.75, 3.05) is 13.1 Å². The second kappa shape index (κ2) is 6.12. The van der Waals surface area contributed by atoms with Gasteiger partial charge in [0.25, 0.3) is 0 Å². The molecule has 62 valence electrons. The van der Waals surface area contributed by atoms with Crippen LogP contribution in [0.25, 0.3) is 0 Å². The van der Waals surface area contributed by atoms with Crippen LogP contribution in [-0.2, 0) is 0 Å². The van der Waals surface area contributed by atoms with Gasteiger partial charge in [-0.15, -0.1) is 0 Å². The molecule has 0 bridgehead atoms. The van der Waals surface area contributed by atoms with Gasteiger partial charge >= 0.3 is 18.9 Å². The van der Waals surface area contributed by atoms with Gasteiger partial charge in [0.2, 0.25) is 0 Å². The Balaban J connectivity index is 0. The minimum atomic E-state index is 0. The van der Waals surface area contributed by atoms with E-state index in [2.05, 4.69) is 26.1 Å². The first kappa shape index (κ1) is 14.1. The minimum absolute atomic E-state index is 0. The summed E-state index contributed by atoms with van der Waals surface area (Å²) in [5.41, 5.74) is 0.